The average molecular weight is 793 g/mol. The molecule has 286 valence electrons. The van der Waals surface area contributed by atoms with Crippen LogP contribution in [0.5, 0.6) is 0 Å². The molecule has 0 heterocycles. The second-order valence-electron chi connectivity index (χ2n) is 14.4. The normalized spacial score (nSPS) is 15.2. The van der Waals surface area contributed by atoms with E-state index in [0.29, 0.717) is 5.56 Å². The Morgan fingerprint density at radius 3 is 1.43 bits per heavy atom. The van der Waals surface area contributed by atoms with Crippen LogP contribution in [0.15, 0.2) is 248 Å². The summed E-state index contributed by atoms with van der Waals surface area (Å²) in [6.07, 6.45) is 0. The molecule has 0 fully saturated rings. The molecule has 0 bridgehead atoms. The van der Waals surface area contributed by atoms with Crippen molar-refractivity contribution >= 4 is 49.4 Å². The Balaban J connectivity index is 1.10. The lowest BCUT2D eigenvalue weighted by Crippen LogP contribution is -2.09. The fraction of sp³-hybridized carbons (Fsp3) is 0. The highest BCUT2D eigenvalue weighted by Gasteiger charge is 2.15. The van der Waals surface area contributed by atoms with Crippen molar-refractivity contribution in [2.45, 2.75) is 0 Å². The van der Waals surface area contributed by atoms with Crippen molar-refractivity contribution in [3.63, 3.8) is 0 Å². The molecule has 11 rings (SSSR count). The minimum atomic E-state index is -0.875. The Labute approximate surface area is 381 Å². The first-order valence-corrected chi connectivity index (χ1v) is 19.6. The van der Waals surface area contributed by atoms with Gasteiger partial charge in [0.05, 0.1) is 23.3 Å². The molecule has 0 aromatic heterocycles. The first-order chi connectivity index (χ1) is 37.3. The van der Waals surface area contributed by atoms with E-state index < -0.39 is 136 Å². The summed E-state index contributed by atoms with van der Waals surface area (Å²) in [6.45, 7) is 0. The van der Waals surface area contributed by atoms with Crippen molar-refractivity contribution in [3.8, 4) is 55.6 Å². The molecule has 11 aromatic carbocycles. The second-order valence-corrected chi connectivity index (χ2v) is 14.4. The van der Waals surface area contributed by atoms with Crippen molar-refractivity contribution in [2.24, 2.45) is 0 Å². The molecule has 0 aliphatic carbocycles. The van der Waals surface area contributed by atoms with Crippen LogP contribution in [0.2, 0.25) is 0 Å². The van der Waals surface area contributed by atoms with Gasteiger partial charge >= 0.3 is 0 Å². The van der Waals surface area contributed by atoms with E-state index >= 15 is 0 Å². The zero-order valence-electron chi connectivity index (χ0n) is 49.3. The molecular formula is C60H41N. The molecule has 0 atom stereocenters. The molecule has 1 nitrogen and oxygen atoms in total. The van der Waals surface area contributed by atoms with Gasteiger partial charge in [0.15, 0.2) is 0 Å². The van der Waals surface area contributed by atoms with Gasteiger partial charge in [-0.1, -0.05) is 200 Å². The fourth-order valence-electron chi connectivity index (χ4n) is 7.73. The molecule has 0 radical (unpaired) electrons. The first kappa shape index (κ1) is 22.4. The summed E-state index contributed by atoms with van der Waals surface area (Å²) in [7, 11) is 0. The van der Waals surface area contributed by atoms with E-state index in [-0.39, 0.29) is 11.3 Å². The molecule has 0 aliphatic heterocycles. The van der Waals surface area contributed by atoms with E-state index in [2.05, 4.69) is 6.07 Å². The van der Waals surface area contributed by atoms with Gasteiger partial charge in [0.1, 0.15) is 0 Å². The third-order valence-corrected chi connectivity index (χ3v) is 10.8. The van der Waals surface area contributed by atoms with Crippen molar-refractivity contribution < 1.29 is 23.3 Å². The highest BCUT2D eigenvalue weighted by Crippen LogP contribution is 2.39. The lowest BCUT2D eigenvalue weighted by atomic mass is 9.95. The predicted octanol–water partition coefficient (Wildman–Crippen LogP) is 17.0. The summed E-state index contributed by atoms with van der Waals surface area (Å²) in [5.41, 5.74) is 0.229. The molecule has 0 amide bonds. The van der Waals surface area contributed by atoms with Crippen LogP contribution in [0, 0.1) is 0 Å². The van der Waals surface area contributed by atoms with Gasteiger partial charge in [-0.15, -0.1) is 0 Å². The second kappa shape index (κ2) is 15.6. The fourth-order valence-corrected chi connectivity index (χ4v) is 7.73. The van der Waals surface area contributed by atoms with Gasteiger partial charge in [-0.3, -0.25) is 0 Å². The van der Waals surface area contributed by atoms with Crippen molar-refractivity contribution in [2.75, 3.05) is 4.90 Å². The summed E-state index contributed by atoms with van der Waals surface area (Å²) in [6, 6.07) is 33.1. The predicted molar refractivity (Wildman–Crippen MR) is 261 cm³/mol. The number of rotatable bonds is 8. The summed E-state index contributed by atoms with van der Waals surface area (Å²) in [4.78, 5) is 1.13. The smallest absolute Gasteiger partial charge is 0.0645 e. The van der Waals surface area contributed by atoms with E-state index in [9.17, 15) is 11.0 Å². The summed E-state index contributed by atoms with van der Waals surface area (Å²) in [5, 5.41) is 6.19. The van der Waals surface area contributed by atoms with Gasteiger partial charge in [0.2, 0.25) is 0 Å². The molecule has 1 heteroatoms. The summed E-state index contributed by atoms with van der Waals surface area (Å²) >= 11 is 0. The molecule has 11 aromatic rings. The van der Waals surface area contributed by atoms with Gasteiger partial charge in [-0.05, 0) is 136 Å². The maximum absolute atomic E-state index is 9.68. The van der Waals surface area contributed by atoms with Crippen LogP contribution in [0.25, 0.3) is 88.0 Å². The molecule has 0 saturated heterocycles. The van der Waals surface area contributed by atoms with Gasteiger partial charge < -0.3 is 4.90 Å². The Morgan fingerprint density at radius 2 is 0.738 bits per heavy atom. The van der Waals surface area contributed by atoms with Crippen LogP contribution in [0.1, 0.15) is 23.3 Å². The van der Waals surface area contributed by atoms with Gasteiger partial charge in [0, 0.05) is 17.1 Å². The van der Waals surface area contributed by atoms with Crippen LogP contribution >= 0.6 is 0 Å². The van der Waals surface area contributed by atoms with Gasteiger partial charge in [0.25, 0.3) is 0 Å². The molecule has 0 spiro atoms. The number of anilines is 3. The van der Waals surface area contributed by atoms with Crippen LogP contribution < -0.4 is 4.90 Å². The van der Waals surface area contributed by atoms with E-state index in [0.717, 1.165) is 59.5 Å². The first-order valence-electron chi connectivity index (χ1n) is 28.1. The van der Waals surface area contributed by atoms with Gasteiger partial charge in [-0.2, -0.15) is 0 Å². The van der Waals surface area contributed by atoms with Crippen molar-refractivity contribution in [1.29, 1.82) is 0 Å². The van der Waals surface area contributed by atoms with Crippen molar-refractivity contribution in [1.82, 2.24) is 0 Å². The van der Waals surface area contributed by atoms with Crippen molar-refractivity contribution in [3.05, 3.63) is 248 Å². The minimum absolute atomic E-state index is 0.0273. The Morgan fingerprint density at radius 1 is 0.262 bits per heavy atom. The molecular weight excluding hydrogens is 735 g/mol. The Hall–Kier alpha value is -8.00. The average Bonchev–Trinajstić information content (AvgIpc) is 3.63. The Kier molecular flexibility index (Phi) is 5.74. The SMILES string of the molecule is [2H]c1c([2H])c([2H])c(-c2c([2H])c([2H])c(-c3c([2H])c([2H])c(N(c4ccc(-c5ccc6c(ccc7ccccc76)c5)cc4)c4c([2H])c([2H])c(-c5cccc(-c6cccc7ccccc67)c5)c([2H])c4[2H])c([2H])c3[2H])c([2H])c2[2H])c([2H])c1[2H]. The molecule has 0 N–H and O–H groups in total. The molecule has 61 heavy (non-hydrogen) atoms. The van der Waals surface area contributed by atoms with E-state index in [4.69, 9.17) is 12.3 Å². The van der Waals surface area contributed by atoms with E-state index in [1.807, 2.05) is 97.1 Å². The highest BCUT2D eigenvalue weighted by molar-refractivity contribution is 6.08. The van der Waals surface area contributed by atoms with E-state index in [1.54, 1.807) is 42.5 Å². The number of fused-ring (bicyclic) bond motifs is 4. The van der Waals surface area contributed by atoms with Crippen LogP contribution in [0.4, 0.5) is 17.1 Å². The molecule has 0 saturated carbocycles. The number of benzene rings is 11. The zero-order valence-corrected chi connectivity index (χ0v) is 32.3. The number of hydrogen-bond acceptors (Lipinski definition) is 1. The Bertz CT molecular complexity index is 4240. The largest absolute Gasteiger partial charge is 0.311 e. The molecule has 0 aliphatic rings. The van der Waals surface area contributed by atoms with Crippen LogP contribution in [-0.4, -0.2) is 0 Å². The molecule has 0 unspecified atom stereocenters. The third-order valence-electron chi connectivity index (χ3n) is 10.8. The topological polar surface area (TPSA) is 3.24 Å². The zero-order chi connectivity index (χ0) is 55.3. The summed E-state index contributed by atoms with van der Waals surface area (Å²) in [5.74, 6) is 0. The highest BCUT2D eigenvalue weighted by atomic mass is 15.1. The lowest BCUT2D eigenvalue weighted by molar-refractivity contribution is 1.28. The van der Waals surface area contributed by atoms with Crippen LogP contribution in [-0.2, 0) is 0 Å². The maximum atomic E-state index is 9.68. The van der Waals surface area contributed by atoms with E-state index in [1.165, 1.54) is 0 Å². The minimum Gasteiger partial charge on any atom is -0.311 e. The van der Waals surface area contributed by atoms with Crippen LogP contribution in [0.3, 0.4) is 0 Å². The maximum Gasteiger partial charge on any atom is 0.0645 e. The van der Waals surface area contributed by atoms with Gasteiger partial charge in [-0.25, -0.2) is 0 Å². The third kappa shape index (κ3) is 7.03. The number of nitrogens with zero attached hydrogens (tertiary/aromatic N) is 1. The number of hydrogen-bond donors (Lipinski definition) is 0. The standard InChI is InChI=1S/C60H41N/c1-2-10-42(11-3-1)43-20-22-44(23-21-43)45-26-33-54(34-27-45)61(56-37-30-47(31-38-56)51-32-39-60-53(41-51)25-24-49-13-5-7-18-58(49)60)55-35-28-46(29-36-55)50-15-8-16-52(40-50)59-19-9-14-48-12-4-6-17-57(48)59/h1-41H/i1D,2D,3D,10D,11D,20D,21D,22D,23D,26D,27D,28D,29D,33D,34D,35D,36D. The summed E-state index contributed by atoms with van der Waals surface area (Å²) < 4.78 is 154. The quantitative estimate of drug-likeness (QED) is 0.139. The lowest BCUT2D eigenvalue weighted by Gasteiger charge is -2.26. The monoisotopic (exact) mass is 792 g/mol.